The molecule has 2 aliphatic rings. The van der Waals surface area contributed by atoms with E-state index in [1.54, 1.807) is 5.56 Å². The molecule has 0 aromatic heterocycles. The Hall–Kier alpha value is -1.02. The van der Waals surface area contributed by atoms with Crippen molar-refractivity contribution in [2.75, 3.05) is 31.6 Å². The first kappa shape index (κ1) is 11.1. The largest absolute Gasteiger partial charge is 0.374 e. The van der Waals surface area contributed by atoms with Gasteiger partial charge in [0.05, 0.1) is 0 Å². The van der Waals surface area contributed by atoms with Crippen molar-refractivity contribution in [2.24, 2.45) is 5.92 Å². The van der Waals surface area contributed by atoms with E-state index in [2.05, 4.69) is 41.5 Å². The molecule has 1 saturated heterocycles. The summed E-state index contributed by atoms with van der Waals surface area (Å²) in [6.45, 7) is 3.65. The number of fused-ring (bicyclic) bond motifs is 1. The van der Waals surface area contributed by atoms with Crippen molar-refractivity contribution in [1.82, 2.24) is 5.32 Å². The van der Waals surface area contributed by atoms with Crippen LogP contribution in [0, 0.1) is 5.92 Å². The highest BCUT2D eigenvalue weighted by Gasteiger charge is 2.28. The monoisotopic (exact) mass is 230 g/mol. The van der Waals surface area contributed by atoms with Gasteiger partial charge >= 0.3 is 0 Å². The molecule has 2 heteroatoms. The summed E-state index contributed by atoms with van der Waals surface area (Å²) in [6.07, 6.45) is 4.12. The number of nitrogens with one attached hydrogen (secondary N) is 1. The molecule has 3 rings (SSSR count). The number of hydrogen-bond acceptors (Lipinski definition) is 2. The highest BCUT2D eigenvalue weighted by Crippen LogP contribution is 2.39. The molecule has 1 fully saturated rings. The van der Waals surface area contributed by atoms with Gasteiger partial charge in [-0.05, 0) is 49.9 Å². The van der Waals surface area contributed by atoms with Crippen LogP contribution in [0.25, 0.3) is 0 Å². The van der Waals surface area contributed by atoms with Gasteiger partial charge in [0.15, 0.2) is 0 Å². The fourth-order valence-electron chi connectivity index (χ4n) is 3.44. The fourth-order valence-corrected chi connectivity index (χ4v) is 3.44. The van der Waals surface area contributed by atoms with Crippen molar-refractivity contribution in [2.45, 2.75) is 25.2 Å². The molecule has 17 heavy (non-hydrogen) atoms. The van der Waals surface area contributed by atoms with Crippen LogP contribution in [-0.4, -0.2) is 26.7 Å². The van der Waals surface area contributed by atoms with Crippen LogP contribution in [-0.2, 0) is 0 Å². The fraction of sp³-hybridized carbons (Fsp3) is 0.600. The smallest absolute Gasteiger partial charge is 0.0399 e. The minimum atomic E-state index is 0.751. The maximum atomic E-state index is 3.53. The van der Waals surface area contributed by atoms with Crippen molar-refractivity contribution in [1.29, 1.82) is 0 Å². The van der Waals surface area contributed by atoms with Crippen LogP contribution in [0.2, 0.25) is 0 Å². The standard InChI is InChI=1S/C15H22N2/c1-17-11-13(9-12-5-4-8-16-10-12)14-6-2-3-7-15(14)17/h2-3,6-7,12-13,16H,4-5,8-11H2,1H3. The second kappa shape index (κ2) is 4.69. The zero-order valence-corrected chi connectivity index (χ0v) is 10.7. The molecule has 2 atom stereocenters. The summed E-state index contributed by atoms with van der Waals surface area (Å²) in [7, 11) is 2.22. The molecule has 1 N–H and O–H groups in total. The Labute approximate surface area is 104 Å². The van der Waals surface area contributed by atoms with Crippen LogP contribution in [0.4, 0.5) is 5.69 Å². The van der Waals surface area contributed by atoms with E-state index in [-0.39, 0.29) is 0 Å². The van der Waals surface area contributed by atoms with Gasteiger partial charge in [0.2, 0.25) is 0 Å². The Kier molecular flexibility index (Phi) is 3.06. The lowest BCUT2D eigenvalue weighted by molar-refractivity contribution is 0.339. The van der Waals surface area contributed by atoms with Crippen molar-refractivity contribution < 1.29 is 0 Å². The third-order valence-corrected chi connectivity index (χ3v) is 4.30. The summed E-state index contributed by atoms with van der Waals surface area (Å²) in [5.41, 5.74) is 3.02. The number of anilines is 1. The molecule has 0 saturated carbocycles. The van der Waals surface area contributed by atoms with Gasteiger partial charge in [0, 0.05) is 25.2 Å². The van der Waals surface area contributed by atoms with Crippen LogP contribution in [0.1, 0.15) is 30.7 Å². The molecular weight excluding hydrogens is 208 g/mol. The SMILES string of the molecule is CN1CC(CC2CCCNC2)c2ccccc21. The Morgan fingerprint density at radius 2 is 2.24 bits per heavy atom. The van der Waals surface area contributed by atoms with E-state index in [0.29, 0.717) is 0 Å². The molecular formula is C15H22N2. The minimum absolute atomic E-state index is 0.751. The van der Waals surface area contributed by atoms with Gasteiger partial charge in [0.25, 0.3) is 0 Å². The Morgan fingerprint density at radius 1 is 1.35 bits per heavy atom. The van der Waals surface area contributed by atoms with Gasteiger partial charge in [-0.25, -0.2) is 0 Å². The van der Waals surface area contributed by atoms with Crippen LogP contribution in [0.3, 0.4) is 0 Å². The van der Waals surface area contributed by atoms with Crippen LogP contribution in [0.15, 0.2) is 24.3 Å². The number of piperidine rings is 1. The average molecular weight is 230 g/mol. The molecule has 0 amide bonds. The number of benzene rings is 1. The molecule has 2 unspecified atom stereocenters. The number of hydrogen-bond donors (Lipinski definition) is 1. The molecule has 2 aliphatic heterocycles. The van der Waals surface area contributed by atoms with E-state index < -0.39 is 0 Å². The summed E-state index contributed by atoms with van der Waals surface area (Å²) in [4.78, 5) is 2.41. The predicted octanol–water partition coefficient (Wildman–Crippen LogP) is 2.61. The third kappa shape index (κ3) is 2.19. The number of nitrogens with zero attached hydrogens (tertiary/aromatic N) is 1. The second-order valence-corrected chi connectivity index (χ2v) is 5.58. The maximum Gasteiger partial charge on any atom is 0.0399 e. The lowest BCUT2D eigenvalue weighted by Crippen LogP contribution is -2.31. The summed E-state index contributed by atoms with van der Waals surface area (Å²) >= 11 is 0. The first-order valence-corrected chi connectivity index (χ1v) is 6.85. The van der Waals surface area contributed by atoms with E-state index in [9.17, 15) is 0 Å². The van der Waals surface area contributed by atoms with Crippen molar-refractivity contribution in [3.63, 3.8) is 0 Å². The minimum Gasteiger partial charge on any atom is -0.374 e. The number of likely N-dealkylation sites (N-methyl/N-ethyl adjacent to an activating group) is 1. The second-order valence-electron chi connectivity index (χ2n) is 5.58. The molecule has 92 valence electrons. The number of para-hydroxylation sites is 1. The zero-order chi connectivity index (χ0) is 11.7. The maximum absolute atomic E-state index is 3.53. The molecule has 0 bridgehead atoms. The highest BCUT2D eigenvalue weighted by atomic mass is 15.1. The number of rotatable bonds is 2. The van der Waals surface area contributed by atoms with Gasteiger partial charge in [-0.2, -0.15) is 0 Å². The summed E-state index contributed by atoms with van der Waals surface area (Å²) in [5.74, 6) is 1.63. The van der Waals surface area contributed by atoms with Crippen LogP contribution >= 0.6 is 0 Å². The van der Waals surface area contributed by atoms with Gasteiger partial charge in [-0.3, -0.25) is 0 Å². The normalized spacial score (nSPS) is 28.2. The van der Waals surface area contributed by atoms with E-state index in [1.807, 2.05) is 0 Å². The van der Waals surface area contributed by atoms with Crippen LogP contribution < -0.4 is 10.2 Å². The van der Waals surface area contributed by atoms with Crippen LogP contribution in [0.5, 0.6) is 0 Å². The molecule has 2 heterocycles. The van der Waals surface area contributed by atoms with Gasteiger partial charge in [0.1, 0.15) is 0 Å². The van der Waals surface area contributed by atoms with E-state index in [4.69, 9.17) is 0 Å². The van der Waals surface area contributed by atoms with Gasteiger partial charge in [-0.1, -0.05) is 18.2 Å². The van der Waals surface area contributed by atoms with Crippen molar-refractivity contribution >= 4 is 5.69 Å². The van der Waals surface area contributed by atoms with E-state index in [1.165, 1.54) is 44.6 Å². The van der Waals surface area contributed by atoms with Gasteiger partial charge < -0.3 is 10.2 Å². The van der Waals surface area contributed by atoms with Crippen molar-refractivity contribution in [3.05, 3.63) is 29.8 Å². The molecule has 0 spiro atoms. The first-order chi connectivity index (χ1) is 8.34. The highest BCUT2D eigenvalue weighted by molar-refractivity contribution is 5.59. The Morgan fingerprint density at radius 3 is 3.06 bits per heavy atom. The van der Waals surface area contributed by atoms with Crippen molar-refractivity contribution in [3.8, 4) is 0 Å². The molecule has 1 aromatic carbocycles. The molecule has 0 radical (unpaired) electrons. The zero-order valence-electron chi connectivity index (χ0n) is 10.7. The lowest BCUT2D eigenvalue weighted by atomic mass is 9.86. The molecule has 0 aliphatic carbocycles. The first-order valence-electron chi connectivity index (χ1n) is 6.85. The summed E-state index contributed by atoms with van der Waals surface area (Å²) < 4.78 is 0. The Bertz CT molecular complexity index is 382. The quantitative estimate of drug-likeness (QED) is 0.840. The topological polar surface area (TPSA) is 15.3 Å². The predicted molar refractivity (Wildman–Crippen MR) is 72.7 cm³/mol. The lowest BCUT2D eigenvalue weighted by Gasteiger charge is -2.25. The average Bonchev–Trinajstić information content (AvgIpc) is 2.69. The molecule has 2 nitrogen and oxygen atoms in total. The van der Waals surface area contributed by atoms with E-state index in [0.717, 1.165) is 11.8 Å². The summed E-state index contributed by atoms with van der Waals surface area (Å²) in [6, 6.07) is 8.91. The Balaban J connectivity index is 1.72. The third-order valence-electron chi connectivity index (χ3n) is 4.30. The van der Waals surface area contributed by atoms with Gasteiger partial charge in [-0.15, -0.1) is 0 Å². The van der Waals surface area contributed by atoms with E-state index >= 15 is 0 Å². The molecule has 1 aromatic rings. The summed E-state index contributed by atoms with van der Waals surface area (Å²) in [5, 5.41) is 3.53.